The van der Waals surface area contributed by atoms with Crippen molar-refractivity contribution in [3.8, 4) is 0 Å². The van der Waals surface area contributed by atoms with E-state index in [4.69, 9.17) is 4.74 Å². The molecule has 0 spiro atoms. The number of benzene rings is 1. The van der Waals surface area contributed by atoms with Crippen molar-refractivity contribution in [2.75, 3.05) is 19.0 Å². The summed E-state index contributed by atoms with van der Waals surface area (Å²) in [5.74, 6) is 1.01. The first-order chi connectivity index (χ1) is 8.43. The van der Waals surface area contributed by atoms with Gasteiger partial charge in [0.1, 0.15) is 0 Å². The second kappa shape index (κ2) is 10.7. The van der Waals surface area contributed by atoms with Crippen molar-refractivity contribution in [3.63, 3.8) is 0 Å². The summed E-state index contributed by atoms with van der Waals surface area (Å²) in [7, 11) is 0. The van der Waals surface area contributed by atoms with Gasteiger partial charge in [-0.1, -0.05) is 43.2 Å². The molecule has 0 radical (unpaired) electrons. The van der Waals surface area contributed by atoms with E-state index in [0.29, 0.717) is 0 Å². The van der Waals surface area contributed by atoms with E-state index in [0.717, 1.165) is 31.8 Å². The molecule has 96 valence electrons. The first kappa shape index (κ1) is 14.6. The van der Waals surface area contributed by atoms with Gasteiger partial charge in [0.25, 0.3) is 0 Å². The zero-order valence-corrected chi connectivity index (χ0v) is 11.5. The van der Waals surface area contributed by atoms with Gasteiger partial charge in [-0.2, -0.15) is 12.6 Å². The lowest BCUT2D eigenvalue weighted by Crippen LogP contribution is -1.98. The van der Waals surface area contributed by atoms with Gasteiger partial charge in [0, 0.05) is 13.2 Å². The molecule has 17 heavy (non-hydrogen) atoms. The van der Waals surface area contributed by atoms with Gasteiger partial charge in [-0.25, -0.2) is 0 Å². The second-order valence-corrected chi connectivity index (χ2v) is 4.79. The van der Waals surface area contributed by atoms with E-state index in [1.165, 1.54) is 31.2 Å². The molecule has 0 unspecified atom stereocenters. The molecule has 0 aliphatic heterocycles. The summed E-state index contributed by atoms with van der Waals surface area (Å²) in [6.45, 7) is 1.81. The van der Waals surface area contributed by atoms with E-state index >= 15 is 0 Å². The van der Waals surface area contributed by atoms with Crippen molar-refractivity contribution in [1.82, 2.24) is 0 Å². The lowest BCUT2D eigenvalue weighted by molar-refractivity contribution is 0.128. The molecular formula is C15H24OS. The van der Waals surface area contributed by atoms with Crippen molar-refractivity contribution in [3.05, 3.63) is 35.9 Å². The summed E-state index contributed by atoms with van der Waals surface area (Å²) < 4.78 is 5.62. The molecule has 0 aliphatic rings. The predicted molar refractivity (Wildman–Crippen MR) is 77.9 cm³/mol. The number of ether oxygens (including phenoxy) is 1. The molecule has 0 aromatic heterocycles. The van der Waals surface area contributed by atoms with Crippen LogP contribution in [0.2, 0.25) is 0 Å². The Balaban J connectivity index is 1.85. The highest BCUT2D eigenvalue weighted by Gasteiger charge is 1.93. The highest BCUT2D eigenvalue weighted by molar-refractivity contribution is 7.80. The maximum atomic E-state index is 5.62. The molecule has 1 aromatic carbocycles. The normalized spacial score (nSPS) is 10.6. The maximum Gasteiger partial charge on any atom is 0.0469 e. The average Bonchev–Trinajstić information content (AvgIpc) is 2.38. The van der Waals surface area contributed by atoms with Crippen molar-refractivity contribution in [2.45, 2.75) is 38.5 Å². The summed E-state index contributed by atoms with van der Waals surface area (Å²) in [5, 5.41) is 0. The highest BCUT2D eigenvalue weighted by atomic mass is 32.1. The van der Waals surface area contributed by atoms with Crippen LogP contribution in [0, 0.1) is 0 Å². The molecule has 0 saturated heterocycles. The number of hydrogen-bond acceptors (Lipinski definition) is 2. The fourth-order valence-electron chi connectivity index (χ4n) is 1.79. The third-order valence-electron chi connectivity index (χ3n) is 2.79. The van der Waals surface area contributed by atoms with Crippen LogP contribution in [-0.4, -0.2) is 19.0 Å². The quantitative estimate of drug-likeness (QED) is 0.487. The number of aryl methyl sites for hydroxylation is 1. The van der Waals surface area contributed by atoms with Crippen molar-refractivity contribution in [2.24, 2.45) is 0 Å². The van der Waals surface area contributed by atoms with Gasteiger partial charge in [0.2, 0.25) is 0 Å². The molecule has 0 saturated carbocycles. The Bertz CT molecular complexity index is 261. The van der Waals surface area contributed by atoms with Gasteiger partial charge in [-0.05, 0) is 37.0 Å². The largest absolute Gasteiger partial charge is 0.381 e. The van der Waals surface area contributed by atoms with Crippen LogP contribution in [0.25, 0.3) is 0 Å². The minimum Gasteiger partial charge on any atom is -0.381 e. The summed E-state index contributed by atoms with van der Waals surface area (Å²) in [5.41, 5.74) is 1.41. The van der Waals surface area contributed by atoms with E-state index in [-0.39, 0.29) is 0 Å². The molecule has 0 fully saturated rings. The second-order valence-electron chi connectivity index (χ2n) is 4.34. The number of thiol groups is 1. The molecule has 0 N–H and O–H groups in total. The summed E-state index contributed by atoms with van der Waals surface area (Å²) in [6, 6.07) is 10.6. The van der Waals surface area contributed by atoms with Crippen molar-refractivity contribution in [1.29, 1.82) is 0 Å². The summed E-state index contributed by atoms with van der Waals surface area (Å²) in [6.07, 6.45) is 7.24. The van der Waals surface area contributed by atoms with E-state index in [2.05, 4.69) is 43.0 Å². The fraction of sp³-hybridized carbons (Fsp3) is 0.600. The summed E-state index contributed by atoms with van der Waals surface area (Å²) in [4.78, 5) is 0. The molecule has 0 atom stereocenters. The van der Waals surface area contributed by atoms with E-state index in [1.807, 2.05) is 0 Å². The zero-order chi connectivity index (χ0) is 12.2. The third-order valence-corrected chi connectivity index (χ3v) is 3.11. The lowest BCUT2D eigenvalue weighted by Gasteiger charge is -2.04. The minimum atomic E-state index is 0.890. The van der Waals surface area contributed by atoms with Gasteiger partial charge < -0.3 is 4.74 Å². The SMILES string of the molecule is SCCCCCCOCCCc1ccccc1. The van der Waals surface area contributed by atoms with Crippen LogP contribution in [-0.2, 0) is 11.2 Å². The Labute approximate surface area is 111 Å². The first-order valence-corrected chi connectivity index (χ1v) is 7.29. The minimum absolute atomic E-state index is 0.890. The lowest BCUT2D eigenvalue weighted by atomic mass is 10.1. The Morgan fingerprint density at radius 2 is 1.53 bits per heavy atom. The molecule has 0 amide bonds. The molecule has 0 bridgehead atoms. The van der Waals surface area contributed by atoms with Crippen LogP contribution >= 0.6 is 12.6 Å². The molecule has 1 nitrogen and oxygen atoms in total. The first-order valence-electron chi connectivity index (χ1n) is 6.66. The standard InChI is InChI=1S/C15H24OS/c17-14-7-2-1-6-12-16-13-8-11-15-9-4-3-5-10-15/h3-5,9-10,17H,1-2,6-8,11-14H2. The Morgan fingerprint density at radius 3 is 2.29 bits per heavy atom. The topological polar surface area (TPSA) is 9.23 Å². The van der Waals surface area contributed by atoms with Crippen LogP contribution in [0.1, 0.15) is 37.7 Å². The van der Waals surface area contributed by atoms with Gasteiger partial charge in [-0.15, -0.1) is 0 Å². The third kappa shape index (κ3) is 8.28. The Morgan fingerprint density at radius 1 is 0.824 bits per heavy atom. The fourth-order valence-corrected chi connectivity index (χ4v) is 2.02. The average molecular weight is 252 g/mol. The Kier molecular flexibility index (Phi) is 9.16. The van der Waals surface area contributed by atoms with Crippen LogP contribution in [0.3, 0.4) is 0 Å². The van der Waals surface area contributed by atoms with Gasteiger partial charge in [-0.3, -0.25) is 0 Å². The predicted octanol–water partition coefficient (Wildman–Crippen LogP) is 4.13. The molecular weight excluding hydrogens is 228 g/mol. The van der Waals surface area contributed by atoms with E-state index in [9.17, 15) is 0 Å². The van der Waals surface area contributed by atoms with Crippen LogP contribution in [0.4, 0.5) is 0 Å². The smallest absolute Gasteiger partial charge is 0.0469 e. The Hall–Kier alpha value is -0.470. The maximum absolute atomic E-state index is 5.62. The monoisotopic (exact) mass is 252 g/mol. The van der Waals surface area contributed by atoms with Gasteiger partial charge in [0.15, 0.2) is 0 Å². The van der Waals surface area contributed by atoms with E-state index < -0.39 is 0 Å². The molecule has 0 aliphatic carbocycles. The van der Waals surface area contributed by atoms with E-state index in [1.54, 1.807) is 0 Å². The molecule has 2 heteroatoms. The highest BCUT2D eigenvalue weighted by Crippen LogP contribution is 2.04. The molecule has 1 rings (SSSR count). The number of rotatable bonds is 10. The summed E-state index contributed by atoms with van der Waals surface area (Å²) >= 11 is 4.20. The zero-order valence-electron chi connectivity index (χ0n) is 10.6. The molecule has 0 heterocycles. The van der Waals surface area contributed by atoms with Crippen LogP contribution in [0.5, 0.6) is 0 Å². The van der Waals surface area contributed by atoms with Crippen LogP contribution < -0.4 is 0 Å². The van der Waals surface area contributed by atoms with Crippen molar-refractivity contribution < 1.29 is 4.74 Å². The molecule has 1 aromatic rings. The van der Waals surface area contributed by atoms with Gasteiger partial charge >= 0.3 is 0 Å². The van der Waals surface area contributed by atoms with Crippen LogP contribution in [0.15, 0.2) is 30.3 Å². The number of hydrogen-bond donors (Lipinski definition) is 1. The van der Waals surface area contributed by atoms with Gasteiger partial charge in [0.05, 0.1) is 0 Å². The van der Waals surface area contributed by atoms with Crippen molar-refractivity contribution >= 4 is 12.6 Å². The number of unbranched alkanes of at least 4 members (excludes halogenated alkanes) is 3.